The number of unbranched alkanes of at least 4 members (excludes halogenated alkanes) is 8. The lowest BCUT2D eigenvalue weighted by molar-refractivity contribution is -0.121. The van der Waals surface area contributed by atoms with Crippen molar-refractivity contribution < 1.29 is 4.79 Å². The van der Waals surface area contributed by atoms with Gasteiger partial charge in [0.25, 0.3) is 0 Å². The summed E-state index contributed by atoms with van der Waals surface area (Å²) in [6, 6.07) is 0. The fraction of sp³-hybridized carbons (Fsp3) is 0.952. The van der Waals surface area contributed by atoms with Gasteiger partial charge in [-0.2, -0.15) is 4.91 Å². The Kier molecular flexibility index (Phi) is 18.7. The first kappa shape index (κ1) is 24.1. The summed E-state index contributed by atoms with van der Waals surface area (Å²) in [5, 5.41) is 5.43. The van der Waals surface area contributed by atoms with Crippen LogP contribution >= 0.6 is 0 Å². The first-order valence-corrected chi connectivity index (χ1v) is 10.8. The lowest BCUT2D eigenvalue weighted by Crippen LogP contribution is -2.25. The Bertz CT molecular complexity index is 302. The van der Waals surface area contributed by atoms with E-state index in [4.69, 9.17) is 0 Å². The average molecular weight is 355 g/mol. The Morgan fingerprint density at radius 1 is 0.800 bits per heavy atom. The molecule has 0 fully saturated rings. The fourth-order valence-electron chi connectivity index (χ4n) is 3.53. The van der Waals surface area contributed by atoms with E-state index >= 15 is 0 Å². The van der Waals surface area contributed by atoms with Crippen molar-refractivity contribution in [3.8, 4) is 0 Å². The van der Waals surface area contributed by atoms with Crippen molar-refractivity contribution >= 4 is 5.91 Å². The number of carbonyl (C=O) groups excluding carboxylic acids is 1. The van der Waals surface area contributed by atoms with E-state index in [2.05, 4.69) is 24.3 Å². The Labute approximate surface area is 155 Å². The molecule has 0 bridgehead atoms. The lowest BCUT2D eigenvalue weighted by Gasteiger charge is -2.14. The van der Waals surface area contributed by atoms with Crippen LogP contribution in [0.2, 0.25) is 0 Å². The monoisotopic (exact) mass is 354 g/mol. The zero-order valence-corrected chi connectivity index (χ0v) is 16.9. The highest BCUT2D eigenvalue weighted by molar-refractivity contribution is 5.75. The predicted octanol–water partition coefficient (Wildman–Crippen LogP) is 6.38. The van der Waals surface area contributed by atoms with E-state index < -0.39 is 0 Å². The smallest absolute Gasteiger partial charge is 0.220 e. The number of rotatable bonds is 19. The molecule has 0 aromatic heterocycles. The van der Waals surface area contributed by atoms with Gasteiger partial charge in [0.1, 0.15) is 0 Å². The first-order chi connectivity index (χ1) is 12.2. The fourth-order valence-corrected chi connectivity index (χ4v) is 3.53. The average Bonchev–Trinajstić information content (AvgIpc) is 2.60. The molecule has 148 valence electrons. The predicted molar refractivity (Wildman–Crippen MR) is 108 cm³/mol. The number of hydrogen-bond donors (Lipinski definition) is 1. The van der Waals surface area contributed by atoms with Gasteiger partial charge in [0.2, 0.25) is 5.91 Å². The van der Waals surface area contributed by atoms with E-state index in [1.807, 2.05) is 0 Å². The van der Waals surface area contributed by atoms with Crippen molar-refractivity contribution in [2.45, 2.75) is 110 Å². The molecular weight excluding hydrogens is 312 g/mol. The summed E-state index contributed by atoms with van der Waals surface area (Å²) in [6.07, 6.45) is 19.1. The van der Waals surface area contributed by atoms with Gasteiger partial charge in [0, 0.05) is 13.0 Å². The van der Waals surface area contributed by atoms with Gasteiger partial charge in [-0.15, -0.1) is 0 Å². The number of nitroso groups, excluding NO2 is 1. The van der Waals surface area contributed by atoms with E-state index in [1.54, 1.807) is 0 Å². The van der Waals surface area contributed by atoms with Crippen LogP contribution < -0.4 is 5.32 Å². The molecule has 0 aromatic carbocycles. The molecule has 0 radical (unpaired) electrons. The maximum Gasteiger partial charge on any atom is 0.220 e. The molecule has 0 aliphatic rings. The number of nitrogens with one attached hydrogen (secondary N) is 1. The van der Waals surface area contributed by atoms with Crippen molar-refractivity contribution in [1.82, 2.24) is 5.32 Å². The minimum absolute atomic E-state index is 0.0492. The van der Waals surface area contributed by atoms with Crippen molar-refractivity contribution in [3.63, 3.8) is 0 Å². The number of amides is 1. The van der Waals surface area contributed by atoms with Crippen LogP contribution in [0.5, 0.6) is 0 Å². The van der Waals surface area contributed by atoms with Crippen LogP contribution in [-0.2, 0) is 4.79 Å². The van der Waals surface area contributed by atoms with E-state index in [0.717, 1.165) is 18.8 Å². The van der Waals surface area contributed by atoms with Crippen LogP contribution in [0.1, 0.15) is 110 Å². The molecule has 0 rings (SSSR count). The molecule has 0 unspecified atom stereocenters. The normalized spacial score (nSPS) is 11.0. The molecule has 0 aliphatic carbocycles. The molecule has 0 saturated carbocycles. The Balaban J connectivity index is 3.28. The third kappa shape index (κ3) is 17.7. The molecule has 0 spiro atoms. The summed E-state index contributed by atoms with van der Waals surface area (Å²) in [7, 11) is 0. The van der Waals surface area contributed by atoms with E-state index in [0.29, 0.717) is 13.0 Å². The summed E-state index contributed by atoms with van der Waals surface area (Å²) in [5.74, 6) is 1.02. The maximum absolute atomic E-state index is 11.4. The molecule has 25 heavy (non-hydrogen) atoms. The zero-order chi connectivity index (χ0) is 18.6. The minimum atomic E-state index is 0.0492. The van der Waals surface area contributed by atoms with Gasteiger partial charge in [-0.1, -0.05) is 102 Å². The van der Waals surface area contributed by atoms with Crippen molar-refractivity contribution in [3.05, 3.63) is 4.91 Å². The highest BCUT2D eigenvalue weighted by atomic mass is 16.3. The summed E-state index contributed by atoms with van der Waals surface area (Å²) in [4.78, 5) is 21.3. The second-order valence-electron chi connectivity index (χ2n) is 7.37. The largest absolute Gasteiger partial charge is 0.354 e. The van der Waals surface area contributed by atoms with Gasteiger partial charge in [0.15, 0.2) is 0 Å². The molecule has 4 nitrogen and oxygen atoms in total. The van der Waals surface area contributed by atoms with Crippen LogP contribution in [0.4, 0.5) is 0 Å². The lowest BCUT2D eigenvalue weighted by atomic mass is 9.92. The SMILES string of the molecule is CCCC(CCC)CCCCCCCCCCCC(=O)NCCN=O. The summed E-state index contributed by atoms with van der Waals surface area (Å²) in [5.41, 5.74) is 0. The van der Waals surface area contributed by atoms with Gasteiger partial charge in [-0.3, -0.25) is 4.79 Å². The van der Waals surface area contributed by atoms with Crippen LogP contribution in [0.15, 0.2) is 5.18 Å². The van der Waals surface area contributed by atoms with E-state index in [-0.39, 0.29) is 12.5 Å². The van der Waals surface area contributed by atoms with Gasteiger partial charge in [-0.05, 0) is 12.3 Å². The molecular formula is C21H42N2O2. The highest BCUT2D eigenvalue weighted by Crippen LogP contribution is 2.21. The Morgan fingerprint density at radius 2 is 1.32 bits per heavy atom. The third-order valence-electron chi connectivity index (χ3n) is 4.94. The van der Waals surface area contributed by atoms with Crippen LogP contribution in [-0.4, -0.2) is 19.0 Å². The molecule has 0 saturated heterocycles. The zero-order valence-electron chi connectivity index (χ0n) is 16.9. The summed E-state index contributed by atoms with van der Waals surface area (Å²) >= 11 is 0. The summed E-state index contributed by atoms with van der Waals surface area (Å²) in [6.45, 7) is 5.16. The van der Waals surface area contributed by atoms with Gasteiger partial charge < -0.3 is 5.32 Å². The number of hydrogen-bond acceptors (Lipinski definition) is 3. The molecule has 1 N–H and O–H groups in total. The molecule has 0 atom stereocenters. The van der Waals surface area contributed by atoms with Crippen molar-refractivity contribution in [1.29, 1.82) is 0 Å². The van der Waals surface area contributed by atoms with Gasteiger partial charge >= 0.3 is 0 Å². The van der Waals surface area contributed by atoms with Crippen LogP contribution in [0.25, 0.3) is 0 Å². The van der Waals surface area contributed by atoms with E-state index in [9.17, 15) is 9.70 Å². The summed E-state index contributed by atoms with van der Waals surface area (Å²) < 4.78 is 0. The molecule has 0 aliphatic heterocycles. The minimum Gasteiger partial charge on any atom is -0.354 e. The topological polar surface area (TPSA) is 58.5 Å². The molecule has 0 heterocycles. The third-order valence-corrected chi connectivity index (χ3v) is 4.94. The maximum atomic E-state index is 11.4. The van der Waals surface area contributed by atoms with Gasteiger partial charge in [0.05, 0.1) is 6.54 Å². The Hall–Kier alpha value is -0.930. The quantitative estimate of drug-likeness (QED) is 0.216. The number of nitrogens with zero attached hydrogens (tertiary/aromatic N) is 1. The second-order valence-corrected chi connectivity index (χ2v) is 7.37. The molecule has 1 amide bonds. The van der Waals surface area contributed by atoms with Crippen LogP contribution in [0, 0.1) is 10.8 Å². The molecule has 0 aromatic rings. The highest BCUT2D eigenvalue weighted by Gasteiger charge is 2.06. The second kappa shape index (κ2) is 19.4. The first-order valence-electron chi connectivity index (χ1n) is 10.8. The number of carbonyl (C=O) groups is 1. The van der Waals surface area contributed by atoms with Gasteiger partial charge in [-0.25, -0.2) is 0 Å². The van der Waals surface area contributed by atoms with Crippen molar-refractivity contribution in [2.75, 3.05) is 13.1 Å². The Morgan fingerprint density at radius 3 is 1.84 bits per heavy atom. The van der Waals surface area contributed by atoms with E-state index in [1.165, 1.54) is 77.0 Å². The van der Waals surface area contributed by atoms with Crippen LogP contribution in [0.3, 0.4) is 0 Å². The standard InChI is InChI=1S/C21H42N2O2/c1-3-14-20(15-4-2)16-12-10-8-6-5-7-9-11-13-17-21(24)22-18-19-23-25/h20H,3-19H2,1-2H3,(H,22,24). The van der Waals surface area contributed by atoms with Crippen molar-refractivity contribution in [2.24, 2.45) is 11.1 Å². The molecule has 4 heteroatoms.